The van der Waals surface area contributed by atoms with Crippen LogP contribution in [0.1, 0.15) is 23.7 Å². The second kappa shape index (κ2) is 5.03. The van der Waals surface area contributed by atoms with Gasteiger partial charge in [0.2, 0.25) is 0 Å². The van der Waals surface area contributed by atoms with Crippen molar-refractivity contribution in [2.24, 2.45) is 0 Å². The summed E-state index contributed by atoms with van der Waals surface area (Å²) in [7, 11) is 0. The molecule has 16 heavy (non-hydrogen) atoms. The molecule has 1 aromatic rings. The molecule has 1 rings (SSSR count). The van der Waals surface area contributed by atoms with E-state index in [1.165, 1.54) is 12.1 Å². The van der Waals surface area contributed by atoms with E-state index in [2.05, 4.69) is 4.74 Å². The van der Waals surface area contributed by atoms with Crippen molar-refractivity contribution in [1.82, 2.24) is 0 Å². The van der Waals surface area contributed by atoms with E-state index in [9.17, 15) is 18.0 Å². The van der Waals surface area contributed by atoms with E-state index in [4.69, 9.17) is 0 Å². The van der Waals surface area contributed by atoms with Crippen molar-refractivity contribution in [3.05, 3.63) is 27.3 Å². The number of carbonyl (C=O) groups is 1. The standard InChI is InChI=1S/C10H8F3IO2/c1-2-8(15)6-3-4-9(7(14)5-6)16-10(11,12)13/h3-5H,2H2,1H3. The van der Waals surface area contributed by atoms with Gasteiger partial charge in [-0.05, 0) is 40.8 Å². The van der Waals surface area contributed by atoms with Gasteiger partial charge < -0.3 is 4.74 Å². The van der Waals surface area contributed by atoms with Crippen LogP contribution in [0, 0.1) is 3.57 Å². The lowest BCUT2D eigenvalue weighted by atomic mass is 10.1. The summed E-state index contributed by atoms with van der Waals surface area (Å²) in [5, 5.41) is 0. The van der Waals surface area contributed by atoms with Gasteiger partial charge in [-0.3, -0.25) is 4.79 Å². The molecule has 0 atom stereocenters. The zero-order valence-corrected chi connectivity index (χ0v) is 10.4. The molecule has 0 spiro atoms. The van der Waals surface area contributed by atoms with E-state index >= 15 is 0 Å². The zero-order chi connectivity index (χ0) is 12.3. The van der Waals surface area contributed by atoms with Gasteiger partial charge in [0.1, 0.15) is 5.75 Å². The molecule has 0 bridgehead atoms. The van der Waals surface area contributed by atoms with Crippen LogP contribution in [0.3, 0.4) is 0 Å². The highest BCUT2D eigenvalue weighted by molar-refractivity contribution is 14.1. The minimum atomic E-state index is -4.71. The van der Waals surface area contributed by atoms with Crippen LogP contribution in [0.5, 0.6) is 5.75 Å². The summed E-state index contributed by atoms with van der Waals surface area (Å²) in [5.74, 6) is -0.405. The third-order valence-electron chi connectivity index (χ3n) is 1.80. The van der Waals surface area contributed by atoms with Crippen molar-refractivity contribution in [3.63, 3.8) is 0 Å². The minimum Gasteiger partial charge on any atom is -0.405 e. The number of alkyl halides is 3. The van der Waals surface area contributed by atoms with Crippen LogP contribution in [-0.4, -0.2) is 12.1 Å². The quantitative estimate of drug-likeness (QED) is 0.616. The lowest BCUT2D eigenvalue weighted by Crippen LogP contribution is -2.18. The highest BCUT2D eigenvalue weighted by atomic mass is 127. The van der Waals surface area contributed by atoms with E-state index in [0.717, 1.165) is 6.07 Å². The van der Waals surface area contributed by atoms with Gasteiger partial charge in [0.25, 0.3) is 0 Å². The number of halogens is 4. The molecule has 0 heterocycles. The summed E-state index contributed by atoms with van der Waals surface area (Å²) < 4.78 is 39.9. The van der Waals surface area contributed by atoms with Crippen molar-refractivity contribution >= 4 is 28.4 Å². The average Bonchev–Trinajstić information content (AvgIpc) is 2.18. The largest absolute Gasteiger partial charge is 0.573 e. The van der Waals surface area contributed by atoms with Crippen molar-refractivity contribution in [2.75, 3.05) is 0 Å². The number of ether oxygens (including phenoxy) is 1. The maximum Gasteiger partial charge on any atom is 0.573 e. The van der Waals surface area contributed by atoms with Crippen LogP contribution in [-0.2, 0) is 0 Å². The Morgan fingerprint density at radius 1 is 1.44 bits per heavy atom. The highest BCUT2D eigenvalue weighted by Crippen LogP contribution is 2.28. The molecule has 0 aliphatic carbocycles. The molecule has 0 amide bonds. The number of hydrogen-bond acceptors (Lipinski definition) is 2. The Hall–Kier alpha value is -0.790. The van der Waals surface area contributed by atoms with E-state index in [0.29, 0.717) is 12.0 Å². The first-order valence-corrected chi connectivity index (χ1v) is 5.50. The second-order valence-electron chi connectivity index (χ2n) is 2.97. The fourth-order valence-electron chi connectivity index (χ4n) is 1.09. The molecular formula is C10H8F3IO2. The first-order valence-electron chi connectivity index (χ1n) is 4.42. The van der Waals surface area contributed by atoms with E-state index < -0.39 is 6.36 Å². The number of Topliss-reactive ketones (excluding diaryl/α,β-unsaturated/α-hetero) is 1. The Morgan fingerprint density at radius 2 is 2.06 bits per heavy atom. The zero-order valence-electron chi connectivity index (χ0n) is 8.27. The summed E-state index contributed by atoms with van der Waals surface area (Å²) >= 11 is 1.70. The van der Waals surface area contributed by atoms with Crippen LogP contribution in [0.2, 0.25) is 0 Å². The first-order chi connectivity index (χ1) is 7.33. The van der Waals surface area contributed by atoms with Gasteiger partial charge in [-0.1, -0.05) is 6.92 Å². The molecule has 1 aromatic carbocycles. The number of benzene rings is 1. The molecule has 6 heteroatoms. The third kappa shape index (κ3) is 3.66. The lowest BCUT2D eigenvalue weighted by molar-refractivity contribution is -0.274. The summed E-state index contributed by atoms with van der Waals surface area (Å²) in [6.45, 7) is 1.69. The summed E-state index contributed by atoms with van der Waals surface area (Å²) in [5.41, 5.74) is 0.390. The highest BCUT2D eigenvalue weighted by Gasteiger charge is 2.32. The molecule has 0 aliphatic heterocycles. The summed E-state index contributed by atoms with van der Waals surface area (Å²) in [6.07, 6.45) is -4.40. The van der Waals surface area contributed by atoms with Crippen molar-refractivity contribution < 1.29 is 22.7 Å². The van der Waals surface area contributed by atoms with Crippen molar-refractivity contribution in [1.29, 1.82) is 0 Å². The van der Waals surface area contributed by atoms with Gasteiger partial charge in [0.05, 0.1) is 3.57 Å². The topological polar surface area (TPSA) is 26.3 Å². The normalized spacial score (nSPS) is 11.3. The third-order valence-corrected chi connectivity index (χ3v) is 2.64. The second-order valence-corrected chi connectivity index (χ2v) is 4.13. The van der Waals surface area contributed by atoms with Crippen LogP contribution < -0.4 is 4.74 Å². The molecule has 0 aliphatic rings. The van der Waals surface area contributed by atoms with Gasteiger partial charge >= 0.3 is 6.36 Å². The summed E-state index contributed by atoms with van der Waals surface area (Å²) in [4.78, 5) is 11.3. The van der Waals surface area contributed by atoms with Crippen LogP contribution in [0.25, 0.3) is 0 Å². The number of carbonyl (C=O) groups excluding carboxylic acids is 1. The van der Waals surface area contributed by atoms with Crippen LogP contribution >= 0.6 is 22.6 Å². The summed E-state index contributed by atoms with van der Waals surface area (Å²) in [6, 6.07) is 3.86. The Morgan fingerprint density at radius 3 is 2.50 bits per heavy atom. The maximum absolute atomic E-state index is 12.0. The van der Waals surface area contributed by atoms with Gasteiger partial charge in [-0.25, -0.2) is 0 Å². The van der Waals surface area contributed by atoms with Crippen LogP contribution in [0.4, 0.5) is 13.2 Å². The Bertz CT molecular complexity index is 402. The maximum atomic E-state index is 12.0. The SMILES string of the molecule is CCC(=O)c1ccc(OC(F)(F)F)c(I)c1. The van der Waals surface area contributed by atoms with Gasteiger partial charge in [-0.2, -0.15) is 0 Å². The predicted molar refractivity (Wildman–Crippen MR) is 60.5 cm³/mol. The molecule has 0 fully saturated rings. The number of ketones is 1. The monoisotopic (exact) mass is 344 g/mol. The van der Waals surface area contributed by atoms with E-state index in [-0.39, 0.29) is 15.1 Å². The minimum absolute atomic E-state index is 0.114. The average molecular weight is 344 g/mol. The number of rotatable bonds is 3. The van der Waals surface area contributed by atoms with Crippen molar-refractivity contribution in [3.8, 4) is 5.75 Å². The van der Waals surface area contributed by atoms with Gasteiger partial charge in [0.15, 0.2) is 5.78 Å². The molecule has 0 radical (unpaired) electrons. The van der Waals surface area contributed by atoms with Gasteiger partial charge in [0, 0.05) is 12.0 Å². The lowest BCUT2D eigenvalue weighted by Gasteiger charge is -2.11. The van der Waals surface area contributed by atoms with Crippen LogP contribution in [0.15, 0.2) is 18.2 Å². The Labute approximate surface area is 104 Å². The smallest absolute Gasteiger partial charge is 0.405 e. The first kappa shape index (κ1) is 13.3. The molecule has 0 aromatic heterocycles. The van der Waals surface area contributed by atoms with Gasteiger partial charge in [-0.15, -0.1) is 13.2 Å². The fourth-order valence-corrected chi connectivity index (χ4v) is 1.71. The predicted octanol–water partition coefficient (Wildman–Crippen LogP) is 3.78. The molecule has 2 nitrogen and oxygen atoms in total. The molecule has 0 saturated carbocycles. The van der Waals surface area contributed by atoms with Crippen molar-refractivity contribution in [2.45, 2.75) is 19.7 Å². The molecule has 88 valence electrons. The molecule has 0 N–H and O–H groups in total. The number of hydrogen-bond donors (Lipinski definition) is 0. The van der Waals surface area contributed by atoms with E-state index in [1.807, 2.05) is 0 Å². The fraction of sp³-hybridized carbons (Fsp3) is 0.300. The molecule has 0 saturated heterocycles. The molecular weight excluding hydrogens is 336 g/mol. The Kier molecular flexibility index (Phi) is 4.17. The molecule has 0 unspecified atom stereocenters. The van der Waals surface area contributed by atoms with E-state index in [1.54, 1.807) is 29.5 Å². The Balaban J connectivity index is 2.96.